The normalized spacial score (nSPS) is 12.2. The van der Waals surface area contributed by atoms with Crippen LogP contribution in [0.5, 0.6) is 0 Å². The van der Waals surface area contributed by atoms with E-state index < -0.39 is 8.07 Å². The molecule has 2 N–H and O–H groups in total. The van der Waals surface area contributed by atoms with Crippen molar-refractivity contribution in [1.29, 1.82) is 0 Å². The molecule has 1 aromatic rings. The number of rotatable bonds is 6. The number of nitrogens with one attached hydrogen (secondary N) is 1. The van der Waals surface area contributed by atoms with Crippen LogP contribution in [0.3, 0.4) is 0 Å². The molecule has 1 aromatic carbocycles. The molecular formula is C13H21NOSi. The van der Waals surface area contributed by atoms with Gasteiger partial charge in [0.1, 0.15) is 8.07 Å². The average molecular weight is 235 g/mol. The largest absolute Gasteiger partial charge is 0.399 e. The minimum absolute atomic E-state index is 0.322. The smallest absolute Gasteiger partial charge is 0.100 e. The first-order valence-corrected chi connectivity index (χ1v) is 8.96. The predicted octanol–water partition coefficient (Wildman–Crippen LogP) is 2.11. The van der Waals surface area contributed by atoms with E-state index in [2.05, 4.69) is 54.5 Å². The van der Waals surface area contributed by atoms with Crippen LogP contribution in [0.15, 0.2) is 42.1 Å². The van der Waals surface area contributed by atoms with Gasteiger partial charge in [0.05, 0.1) is 0 Å². The van der Waals surface area contributed by atoms with Crippen molar-refractivity contribution in [3.8, 4) is 0 Å². The molecule has 0 amide bonds. The fraction of sp³-hybridized carbons (Fsp3) is 0.385. The lowest BCUT2D eigenvalue weighted by atomic mass is 10.2. The van der Waals surface area contributed by atoms with Crippen LogP contribution >= 0.6 is 0 Å². The van der Waals surface area contributed by atoms with Crippen molar-refractivity contribution in [2.75, 3.05) is 12.8 Å². The maximum Gasteiger partial charge on any atom is 0.100 e. The summed E-state index contributed by atoms with van der Waals surface area (Å²) in [6.45, 7) is 6.07. The molecule has 0 atom stereocenters. The van der Waals surface area contributed by atoms with Gasteiger partial charge in [0, 0.05) is 19.3 Å². The van der Waals surface area contributed by atoms with Gasteiger partial charge in [-0.25, -0.2) is 0 Å². The quantitative estimate of drug-likeness (QED) is 0.585. The molecule has 0 aliphatic heterocycles. The minimum Gasteiger partial charge on any atom is -0.399 e. The Kier molecular flexibility index (Phi) is 5.45. The maximum atomic E-state index is 9.12. The lowest BCUT2D eigenvalue weighted by Crippen LogP contribution is -2.29. The SMILES string of the molecule is C[Si](C)(C=CCNCc1ccccc1)CO. The van der Waals surface area contributed by atoms with Crippen molar-refractivity contribution in [3.05, 3.63) is 47.7 Å². The fourth-order valence-electron chi connectivity index (χ4n) is 1.33. The average Bonchev–Trinajstić information content (AvgIpc) is 2.30. The van der Waals surface area contributed by atoms with Crippen molar-refractivity contribution >= 4 is 8.07 Å². The van der Waals surface area contributed by atoms with E-state index >= 15 is 0 Å². The highest BCUT2D eigenvalue weighted by molar-refractivity contribution is 6.82. The van der Waals surface area contributed by atoms with Gasteiger partial charge in [-0.3, -0.25) is 0 Å². The molecule has 0 aliphatic carbocycles. The summed E-state index contributed by atoms with van der Waals surface area (Å²) < 4.78 is 0. The Bertz CT molecular complexity index is 322. The Labute approximate surface area is 99.0 Å². The van der Waals surface area contributed by atoms with Gasteiger partial charge >= 0.3 is 0 Å². The molecule has 1 rings (SSSR count). The van der Waals surface area contributed by atoms with Crippen LogP contribution in [0.25, 0.3) is 0 Å². The van der Waals surface area contributed by atoms with Crippen molar-refractivity contribution in [3.63, 3.8) is 0 Å². The third-order valence-electron chi connectivity index (χ3n) is 2.41. The minimum atomic E-state index is -1.47. The van der Waals surface area contributed by atoms with Gasteiger partial charge in [-0.2, -0.15) is 0 Å². The van der Waals surface area contributed by atoms with Gasteiger partial charge in [0.15, 0.2) is 0 Å². The highest BCUT2D eigenvalue weighted by Gasteiger charge is 2.13. The fourth-order valence-corrected chi connectivity index (χ4v) is 2.19. The van der Waals surface area contributed by atoms with Crippen molar-refractivity contribution < 1.29 is 5.11 Å². The zero-order chi connectivity index (χ0) is 11.9. The first-order chi connectivity index (χ1) is 7.64. The topological polar surface area (TPSA) is 32.3 Å². The molecule has 0 aliphatic rings. The highest BCUT2D eigenvalue weighted by atomic mass is 28.3. The summed E-state index contributed by atoms with van der Waals surface area (Å²) in [7, 11) is -1.47. The molecule has 0 spiro atoms. The Hall–Kier alpha value is -0.903. The molecule has 0 unspecified atom stereocenters. The summed E-state index contributed by atoms with van der Waals surface area (Å²) in [6, 6.07) is 10.4. The molecule has 0 saturated heterocycles. The van der Waals surface area contributed by atoms with Crippen molar-refractivity contribution in [1.82, 2.24) is 5.32 Å². The van der Waals surface area contributed by atoms with Crippen LogP contribution in [0, 0.1) is 0 Å². The van der Waals surface area contributed by atoms with Crippen LogP contribution in [0.1, 0.15) is 5.56 Å². The summed E-state index contributed by atoms with van der Waals surface area (Å²) in [5, 5.41) is 12.5. The van der Waals surface area contributed by atoms with E-state index in [1.54, 1.807) is 0 Å². The van der Waals surface area contributed by atoms with Crippen LogP contribution in [-0.2, 0) is 6.54 Å². The summed E-state index contributed by atoms with van der Waals surface area (Å²) in [5.74, 6) is 0. The third-order valence-corrected chi connectivity index (χ3v) is 4.36. The van der Waals surface area contributed by atoms with E-state index in [0.717, 1.165) is 13.1 Å². The molecule has 0 aromatic heterocycles. The lowest BCUT2D eigenvalue weighted by molar-refractivity contribution is 0.360. The summed E-state index contributed by atoms with van der Waals surface area (Å²) >= 11 is 0. The molecular weight excluding hydrogens is 214 g/mol. The number of aliphatic hydroxyl groups is 1. The number of benzene rings is 1. The van der Waals surface area contributed by atoms with Gasteiger partial charge in [-0.15, -0.1) is 0 Å². The molecule has 2 nitrogen and oxygen atoms in total. The Morgan fingerprint density at radius 2 is 1.94 bits per heavy atom. The molecule has 88 valence electrons. The van der Waals surface area contributed by atoms with Gasteiger partial charge in [-0.1, -0.05) is 55.2 Å². The molecule has 0 radical (unpaired) electrons. The number of hydrogen-bond donors (Lipinski definition) is 2. The standard InChI is InChI=1S/C13H21NOSi/c1-16(2,12-15)10-6-9-14-11-13-7-4-3-5-8-13/h3-8,10,14-15H,9,11-12H2,1-2H3. The Morgan fingerprint density at radius 1 is 1.25 bits per heavy atom. The van der Waals surface area contributed by atoms with E-state index in [1.165, 1.54) is 5.56 Å². The van der Waals surface area contributed by atoms with E-state index in [-0.39, 0.29) is 0 Å². The predicted molar refractivity (Wildman–Crippen MR) is 71.9 cm³/mol. The van der Waals surface area contributed by atoms with E-state index in [4.69, 9.17) is 5.11 Å². The summed E-state index contributed by atoms with van der Waals surface area (Å²) in [4.78, 5) is 0. The lowest BCUT2D eigenvalue weighted by Gasteiger charge is -2.12. The van der Waals surface area contributed by atoms with E-state index in [9.17, 15) is 0 Å². The zero-order valence-corrected chi connectivity index (χ0v) is 11.1. The second-order valence-electron chi connectivity index (χ2n) is 4.67. The monoisotopic (exact) mass is 235 g/mol. The summed E-state index contributed by atoms with van der Waals surface area (Å²) in [5.41, 5.74) is 3.49. The Morgan fingerprint density at radius 3 is 2.56 bits per heavy atom. The van der Waals surface area contributed by atoms with Crippen LogP contribution in [0.4, 0.5) is 0 Å². The van der Waals surface area contributed by atoms with Gasteiger partial charge in [0.2, 0.25) is 0 Å². The first-order valence-electron chi connectivity index (χ1n) is 5.67. The van der Waals surface area contributed by atoms with E-state index in [1.807, 2.05) is 6.07 Å². The van der Waals surface area contributed by atoms with Gasteiger partial charge < -0.3 is 10.4 Å². The molecule has 0 heterocycles. The first kappa shape index (κ1) is 13.2. The summed E-state index contributed by atoms with van der Waals surface area (Å²) in [6.07, 6.45) is 2.45. The van der Waals surface area contributed by atoms with Crippen molar-refractivity contribution in [2.24, 2.45) is 0 Å². The van der Waals surface area contributed by atoms with Crippen LogP contribution in [-0.4, -0.2) is 26.0 Å². The number of hydrogen-bond acceptors (Lipinski definition) is 2. The Balaban J connectivity index is 2.22. The molecule has 16 heavy (non-hydrogen) atoms. The van der Waals surface area contributed by atoms with Crippen LogP contribution in [0.2, 0.25) is 13.1 Å². The molecule has 3 heteroatoms. The highest BCUT2D eigenvalue weighted by Crippen LogP contribution is 2.01. The molecule has 0 bridgehead atoms. The number of aliphatic hydroxyl groups excluding tert-OH is 1. The van der Waals surface area contributed by atoms with Crippen LogP contribution < -0.4 is 5.32 Å². The van der Waals surface area contributed by atoms with Crippen molar-refractivity contribution in [2.45, 2.75) is 19.6 Å². The second kappa shape index (κ2) is 6.63. The third kappa shape index (κ3) is 5.26. The zero-order valence-electron chi connectivity index (χ0n) is 10.1. The second-order valence-corrected chi connectivity index (χ2v) is 9.29. The molecule has 0 saturated carbocycles. The van der Waals surface area contributed by atoms with E-state index in [0.29, 0.717) is 6.23 Å². The molecule has 0 fully saturated rings. The maximum absolute atomic E-state index is 9.12. The van der Waals surface area contributed by atoms with Gasteiger partial charge in [0.25, 0.3) is 0 Å². The van der Waals surface area contributed by atoms with Gasteiger partial charge in [-0.05, 0) is 5.56 Å².